The quantitative estimate of drug-likeness (QED) is 0.611. The Morgan fingerprint density at radius 2 is 1.88 bits per heavy atom. The number of aromatic nitrogens is 2. The standard InChI is InChI=1S/C23H31FN4O3S2/c1-14(2)21-25-23(32-26-21)27-8-6-18(7-9-27)28-10-5-16(22(28)29)12-17-11-15(3)20(13-19(17)24)33(4,30)31/h11,13-14,16,18H,5-10,12H2,1-4H3/t16-/m1/s1. The second-order valence-corrected chi connectivity index (χ2v) is 12.2. The molecule has 2 saturated heterocycles. The lowest BCUT2D eigenvalue weighted by atomic mass is 9.96. The summed E-state index contributed by atoms with van der Waals surface area (Å²) in [5.74, 6) is 0.441. The van der Waals surface area contributed by atoms with Crippen LogP contribution in [0.25, 0.3) is 0 Å². The molecule has 0 radical (unpaired) electrons. The summed E-state index contributed by atoms with van der Waals surface area (Å²) in [4.78, 5) is 22.0. The van der Waals surface area contributed by atoms with Crippen molar-refractivity contribution in [3.63, 3.8) is 0 Å². The minimum Gasteiger partial charge on any atom is -0.347 e. The van der Waals surface area contributed by atoms with E-state index in [-0.39, 0.29) is 22.8 Å². The van der Waals surface area contributed by atoms with Crippen molar-refractivity contribution in [3.05, 3.63) is 34.9 Å². The first kappa shape index (κ1) is 24.1. The molecule has 2 aliphatic heterocycles. The van der Waals surface area contributed by atoms with E-state index in [1.165, 1.54) is 11.5 Å². The van der Waals surface area contributed by atoms with E-state index >= 15 is 0 Å². The van der Waals surface area contributed by atoms with Gasteiger partial charge in [-0.2, -0.15) is 4.37 Å². The fourth-order valence-corrected chi connectivity index (χ4v) is 6.64. The van der Waals surface area contributed by atoms with Gasteiger partial charge in [0.15, 0.2) is 9.84 Å². The number of carbonyl (C=O) groups is 1. The Morgan fingerprint density at radius 1 is 1.18 bits per heavy atom. The second kappa shape index (κ2) is 9.29. The van der Waals surface area contributed by atoms with Gasteiger partial charge in [0, 0.05) is 55.3 Å². The summed E-state index contributed by atoms with van der Waals surface area (Å²) in [6.07, 6.45) is 3.83. The maximum atomic E-state index is 14.6. The van der Waals surface area contributed by atoms with Gasteiger partial charge in [-0.1, -0.05) is 19.9 Å². The molecule has 2 aliphatic rings. The van der Waals surface area contributed by atoms with Crippen molar-refractivity contribution >= 4 is 32.4 Å². The third-order valence-corrected chi connectivity index (χ3v) is 8.71. The van der Waals surface area contributed by atoms with Crippen molar-refractivity contribution in [3.8, 4) is 0 Å². The molecule has 180 valence electrons. The highest BCUT2D eigenvalue weighted by Crippen LogP contribution is 2.31. The van der Waals surface area contributed by atoms with E-state index in [1.807, 2.05) is 4.90 Å². The number of rotatable bonds is 6. The molecule has 1 amide bonds. The van der Waals surface area contributed by atoms with E-state index in [0.717, 1.165) is 49.2 Å². The van der Waals surface area contributed by atoms with Gasteiger partial charge in [-0.25, -0.2) is 17.8 Å². The second-order valence-electron chi connectivity index (χ2n) is 9.51. The highest BCUT2D eigenvalue weighted by molar-refractivity contribution is 7.90. The Morgan fingerprint density at radius 3 is 2.48 bits per heavy atom. The highest BCUT2D eigenvalue weighted by atomic mass is 32.2. The number of aryl methyl sites for hydroxylation is 1. The van der Waals surface area contributed by atoms with Gasteiger partial charge < -0.3 is 9.80 Å². The van der Waals surface area contributed by atoms with E-state index in [2.05, 4.69) is 28.1 Å². The van der Waals surface area contributed by atoms with Crippen LogP contribution >= 0.6 is 11.5 Å². The first-order valence-electron chi connectivity index (χ1n) is 11.4. The molecule has 3 heterocycles. The zero-order valence-electron chi connectivity index (χ0n) is 19.5. The molecule has 1 atom stereocenters. The largest absolute Gasteiger partial charge is 0.347 e. The van der Waals surface area contributed by atoms with Gasteiger partial charge in [0.1, 0.15) is 11.6 Å². The van der Waals surface area contributed by atoms with Crippen LogP contribution in [-0.2, 0) is 21.1 Å². The molecule has 0 saturated carbocycles. The number of nitrogens with zero attached hydrogens (tertiary/aromatic N) is 4. The van der Waals surface area contributed by atoms with Gasteiger partial charge in [0.2, 0.25) is 11.0 Å². The Kier molecular flexibility index (Phi) is 6.77. The maximum Gasteiger partial charge on any atom is 0.226 e. The first-order valence-corrected chi connectivity index (χ1v) is 14.1. The molecule has 7 nitrogen and oxygen atoms in total. The summed E-state index contributed by atoms with van der Waals surface area (Å²) >= 11 is 1.44. The van der Waals surface area contributed by atoms with Gasteiger partial charge in [0.25, 0.3) is 0 Å². The van der Waals surface area contributed by atoms with Crippen molar-refractivity contribution in [2.24, 2.45) is 5.92 Å². The molecule has 0 spiro atoms. The zero-order chi connectivity index (χ0) is 23.9. The molecule has 33 heavy (non-hydrogen) atoms. The van der Waals surface area contributed by atoms with Crippen LogP contribution in [0.4, 0.5) is 9.52 Å². The summed E-state index contributed by atoms with van der Waals surface area (Å²) in [6.45, 7) is 8.20. The fourth-order valence-electron chi connectivity index (χ4n) is 4.82. The van der Waals surface area contributed by atoms with E-state index in [4.69, 9.17) is 0 Å². The van der Waals surface area contributed by atoms with Crippen molar-refractivity contribution in [1.29, 1.82) is 0 Å². The van der Waals surface area contributed by atoms with Gasteiger partial charge >= 0.3 is 0 Å². The normalized spacial score (nSPS) is 20.3. The Labute approximate surface area is 199 Å². The lowest BCUT2D eigenvalue weighted by Gasteiger charge is -2.36. The number of halogens is 1. The number of carbonyl (C=O) groups excluding carboxylic acids is 1. The number of amides is 1. The molecule has 1 aromatic heterocycles. The van der Waals surface area contributed by atoms with Gasteiger partial charge in [-0.05, 0) is 49.8 Å². The molecule has 4 rings (SSSR count). The highest BCUT2D eigenvalue weighted by Gasteiger charge is 2.38. The minimum atomic E-state index is -3.49. The molecule has 2 fully saturated rings. The summed E-state index contributed by atoms with van der Waals surface area (Å²) in [5.41, 5.74) is 0.924. The molecule has 0 aliphatic carbocycles. The van der Waals surface area contributed by atoms with E-state index < -0.39 is 15.7 Å². The summed E-state index contributed by atoms with van der Waals surface area (Å²) < 4.78 is 42.8. The van der Waals surface area contributed by atoms with Crippen molar-refractivity contribution in [2.45, 2.75) is 63.3 Å². The summed E-state index contributed by atoms with van der Waals surface area (Å²) in [7, 11) is -3.49. The third kappa shape index (κ3) is 5.06. The van der Waals surface area contributed by atoms with Crippen LogP contribution in [-0.4, -0.2) is 60.5 Å². The Hall–Kier alpha value is -2.07. The van der Waals surface area contributed by atoms with Crippen LogP contribution in [0.1, 0.15) is 56.0 Å². The topological polar surface area (TPSA) is 83.5 Å². The number of piperidine rings is 1. The lowest BCUT2D eigenvalue weighted by molar-refractivity contribution is -0.133. The number of hydrogen-bond donors (Lipinski definition) is 0. The van der Waals surface area contributed by atoms with E-state index in [1.54, 1.807) is 13.0 Å². The predicted octanol–water partition coefficient (Wildman–Crippen LogP) is 3.57. The van der Waals surface area contributed by atoms with Gasteiger partial charge in [-0.15, -0.1) is 0 Å². The first-order chi connectivity index (χ1) is 15.5. The number of sulfone groups is 1. The molecular formula is C23H31FN4O3S2. The smallest absolute Gasteiger partial charge is 0.226 e. The zero-order valence-corrected chi connectivity index (χ0v) is 21.2. The average Bonchev–Trinajstić information content (AvgIpc) is 3.38. The van der Waals surface area contributed by atoms with Crippen LogP contribution in [0, 0.1) is 18.7 Å². The van der Waals surface area contributed by atoms with Gasteiger partial charge in [0.05, 0.1) is 4.90 Å². The van der Waals surface area contributed by atoms with Crippen LogP contribution < -0.4 is 4.90 Å². The van der Waals surface area contributed by atoms with Crippen LogP contribution in [0.5, 0.6) is 0 Å². The van der Waals surface area contributed by atoms with Gasteiger partial charge in [-0.3, -0.25) is 4.79 Å². The van der Waals surface area contributed by atoms with Crippen LogP contribution in [0.3, 0.4) is 0 Å². The van der Waals surface area contributed by atoms with E-state index in [0.29, 0.717) is 36.4 Å². The number of benzene rings is 1. The monoisotopic (exact) mass is 494 g/mol. The predicted molar refractivity (Wildman–Crippen MR) is 127 cm³/mol. The average molecular weight is 495 g/mol. The molecule has 0 bridgehead atoms. The molecule has 0 N–H and O–H groups in total. The lowest BCUT2D eigenvalue weighted by Crippen LogP contribution is -2.46. The molecule has 2 aromatic rings. The van der Waals surface area contributed by atoms with Crippen molar-refractivity contribution < 1.29 is 17.6 Å². The third-order valence-electron chi connectivity index (χ3n) is 6.68. The van der Waals surface area contributed by atoms with Crippen molar-refractivity contribution in [1.82, 2.24) is 14.3 Å². The molecule has 1 aromatic carbocycles. The maximum absolute atomic E-state index is 14.6. The number of hydrogen-bond acceptors (Lipinski definition) is 7. The molecule has 10 heteroatoms. The van der Waals surface area contributed by atoms with E-state index in [9.17, 15) is 17.6 Å². The fraction of sp³-hybridized carbons (Fsp3) is 0.609. The molecule has 0 unspecified atom stereocenters. The summed E-state index contributed by atoms with van der Waals surface area (Å²) in [5, 5.41) is 0.950. The number of likely N-dealkylation sites (tertiary alicyclic amines) is 1. The minimum absolute atomic E-state index is 0.00540. The van der Waals surface area contributed by atoms with Crippen LogP contribution in [0.15, 0.2) is 17.0 Å². The number of anilines is 1. The van der Waals surface area contributed by atoms with Crippen LogP contribution in [0.2, 0.25) is 0 Å². The van der Waals surface area contributed by atoms with Crippen molar-refractivity contribution in [2.75, 3.05) is 30.8 Å². The Balaban J connectivity index is 1.37. The summed E-state index contributed by atoms with van der Waals surface area (Å²) in [6, 6.07) is 2.86. The molecular weight excluding hydrogens is 463 g/mol. The SMILES string of the molecule is Cc1cc(C[C@H]2CCN(C3CCN(c4nc(C(C)C)ns4)CC3)C2=O)c(F)cc1S(C)(=O)=O. The Bertz CT molecular complexity index is 1140.